The van der Waals surface area contributed by atoms with Crippen LogP contribution in [-0.4, -0.2) is 36.5 Å². The van der Waals surface area contributed by atoms with Gasteiger partial charge in [-0.25, -0.2) is 13.2 Å². The smallest absolute Gasteiger partial charge is 0.192 e. The number of pyridine rings is 1. The Kier molecular flexibility index (Phi) is 8.93. The highest BCUT2D eigenvalue weighted by molar-refractivity contribution is 6.74. The number of alkyl halides is 1. The number of halogens is 3. The van der Waals surface area contributed by atoms with Crippen LogP contribution in [-0.2, 0) is 24.1 Å². The summed E-state index contributed by atoms with van der Waals surface area (Å²) in [6.07, 6.45) is 2.96. The van der Waals surface area contributed by atoms with E-state index < -0.39 is 31.7 Å². The van der Waals surface area contributed by atoms with E-state index in [1.807, 2.05) is 36.1 Å². The predicted octanol–water partition coefficient (Wildman–Crippen LogP) is 9.35. The summed E-state index contributed by atoms with van der Waals surface area (Å²) in [6, 6.07) is 13.6. The molecule has 1 aliphatic heterocycles. The van der Waals surface area contributed by atoms with Crippen molar-refractivity contribution >= 4 is 13.9 Å². The van der Waals surface area contributed by atoms with Crippen LogP contribution in [0, 0.1) is 11.6 Å². The lowest BCUT2D eigenvalue weighted by molar-refractivity contribution is 0.0676. The molecular weight excluding hydrogens is 577 g/mol. The van der Waals surface area contributed by atoms with Crippen LogP contribution in [0.2, 0.25) is 18.1 Å². The van der Waals surface area contributed by atoms with E-state index >= 15 is 13.2 Å². The Hall–Kier alpha value is -2.94. The van der Waals surface area contributed by atoms with E-state index in [4.69, 9.17) is 9.16 Å². The molecule has 0 N–H and O–H groups in total. The van der Waals surface area contributed by atoms with Crippen molar-refractivity contribution in [3.05, 3.63) is 99.9 Å². The van der Waals surface area contributed by atoms with Gasteiger partial charge in [0.25, 0.3) is 0 Å². The Morgan fingerprint density at radius 2 is 1.66 bits per heavy atom. The molecule has 0 spiro atoms. The number of ether oxygens (including phenoxy) is 1. The molecular formula is C36H45F3N2O2Si. The Morgan fingerprint density at radius 1 is 0.977 bits per heavy atom. The monoisotopic (exact) mass is 622 g/mol. The molecule has 0 radical (unpaired) electrons. The third-order valence-electron chi connectivity index (χ3n) is 9.48. The molecule has 3 aromatic rings. The minimum absolute atomic E-state index is 0.0441. The molecule has 44 heavy (non-hydrogen) atoms. The minimum Gasteiger partial charge on any atom is -0.487 e. The second kappa shape index (κ2) is 12.1. The maximum atomic E-state index is 16.1. The summed E-state index contributed by atoms with van der Waals surface area (Å²) < 4.78 is 59.6. The van der Waals surface area contributed by atoms with Crippen LogP contribution in [0.25, 0.3) is 5.57 Å². The Morgan fingerprint density at radius 3 is 2.32 bits per heavy atom. The van der Waals surface area contributed by atoms with E-state index in [0.29, 0.717) is 25.1 Å². The van der Waals surface area contributed by atoms with Crippen molar-refractivity contribution in [2.24, 2.45) is 0 Å². The van der Waals surface area contributed by atoms with Crippen LogP contribution in [0.15, 0.2) is 60.3 Å². The summed E-state index contributed by atoms with van der Waals surface area (Å²) in [7, 11) is -1.99. The normalized spacial score (nSPS) is 19.2. The molecule has 0 unspecified atom stereocenters. The van der Waals surface area contributed by atoms with Crippen LogP contribution in [0.3, 0.4) is 0 Å². The van der Waals surface area contributed by atoms with E-state index in [9.17, 15) is 0 Å². The minimum atomic E-state index is -1.99. The first-order chi connectivity index (χ1) is 20.6. The molecule has 2 aliphatic rings. The first-order valence-electron chi connectivity index (χ1n) is 15.5. The SMILES string of the molecule is C[C@@H]1CC2=C(Cc3ccccc32)[C@@H](c2c(F)cc(OCc3ncccc3CO[Si](C)(C)C(C)(C)C)cc2F)N1CC(C)(C)F. The fraction of sp³-hybridized carbons (Fsp3) is 0.472. The van der Waals surface area contributed by atoms with E-state index in [1.54, 1.807) is 6.20 Å². The maximum Gasteiger partial charge on any atom is 0.192 e. The van der Waals surface area contributed by atoms with Gasteiger partial charge >= 0.3 is 0 Å². The van der Waals surface area contributed by atoms with E-state index in [2.05, 4.69) is 51.0 Å². The molecule has 0 fully saturated rings. The van der Waals surface area contributed by atoms with Crippen molar-refractivity contribution in [3.8, 4) is 5.75 Å². The van der Waals surface area contributed by atoms with Crippen molar-refractivity contribution in [3.63, 3.8) is 0 Å². The van der Waals surface area contributed by atoms with E-state index in [0.717, 1.165) is 27.8 Å². The fourth-order valence-electron chi connectivity index (χ4n) is 6.11. The van der Waals surface area contributed by atoms with Crippen molar-refractivity contribution in [1.82, 2.24) is 9.88 Å². The quantitative estimate of drug-likeness (QED) is 0.223. The summed E-state index contributed by atoms with van der Waals surface area (Å²) in [5.74, 6) is -1.33. The van der Waals surface area contributed by atoms with Gasteiger partial charge in [-0.05, 0) is 80.1 Å². The van der Waals surface area contributed by atoms with Crippen LogP contribution in [0.5, 0.6) is 5.75 Å². The molecule has 2 atom stereocenters. The average Bonchev–Trinajstić information content (AvgIpc) is 3.29. The predicted molar refractivity (Wildman–Crippen MR) is 173 cm³/mol. The number of benzene rings is 2. The van der Waals surface area contributed by atoms with Gasteiger partial charge in [-0.15, -0.1) is 0 Å². The Balaban J connectivity index is 1.42. The van der Waals surface area contributed by atoms with Gasteiger partial charge in [-0.1, -0.05) is 51.1 Å². The van der Waals surface area contributed by atoms with Gasteiger partial charge in [-0.2, -0.15) is 0 Å². The second-order valence-electron chi connectivity index (χ2n) is 14.4. The lowest BCUT2D eigenvalue weighted by atomic mass is 9.84. The first-order valence-corrected chi connectivity index (χ1v) is 18.4. The third kappa shape index (κ3) is 6.68. The van der Waals surface area contributed by atoms with Gasteiger partial charge in [0.05, 0.1) is 18.3 Å². The summed E-state index contributed by atoms with van der Waals surface area (Å²) in [5.41, 5.74) is 4.27. The van der Waals surface area contributed by atoms with E-state index in [-0.39, 0.29) is 35.5 Å². The van der Waals surface area contributed by atoms with Gasteiger partial charge in [0, 0.05) is 42.0 Å². The number of aromatic nitrogens is 1. The summed E-state index contributed by atoms with van der Waals surface area (Å²) in [6.45, 7) is 16.5. The molecule has 0 amide bonds. The second-order valence-corrected chi connectivity index (χ2v) is 19.2. The highest BCUT2D eigenvalue weighted by Crippen LogP contribution is 2.50. The zero-order valence-corrected chi connectivity index (χ0v) is 28.2. The molecule has 2 heterocycles. The Labute approximate surface area is 261 Å². The standard InChI is InChI=1S/C36H45F3N2O2Si/c1-23-16-28-27-14-10-9-12-24(27)17-29(28)34(41(23)22-36(5,6)39)33-30(37)18-26(19-31(33)38)42-21-32-25(13-11-15-40-32)20-43-44(7,8)35(2,3)4/h9-15,18-19,23,34H,16-17,20-22H2,1-8H3/t23-,34+/m1/s1. The molecule has 1 aromatic heterocycles. The number of fused-ring (bicyclic) bond motifs is 2. The molecule has 0 saturated carbocycles. The molecule has 2 aromatic carbocycles. The lowest BCUT2D eigenvalue weighted by Crippen LogP contribution is -2.47. The number of hydrogen-bond donors (Lipinski definition) is 0. The van der Waals surface area contributed by atoms with Crippen LogP contribution < -0.4 is 4.74 Å². The number of nitrogens with zero attached hydrogens (tertiary/aromatic N) is 2. The average molecular weight is 623 g/mol. The van der Waals surface area contributed by atoms with Crippen molar-refractivity contribution in [1.29, 1.82) is 0 Å². The zero-order valence-electron chi connectivity index (χ0n) is 27.2. The van der Waals surface area contributed by atoms with Crippen LogP contribution >= 0.6 is 0 Å². The van der Waals surface area contributed by atoms with Crippen LogP contribution in [0.1, 0.15) is 82.0 Å². The maximum absolute atomic E-state index is 16.1. The molecule has 0 bridgehead atoms. The highest BCUT2D eigenvalue weighted by Gasteiger charge is 2.43. The number of hydrogen-bond acceptors (Lipinski definition) is 4. The molecule has 4 nitrogen and oxygen atoms in total. The molecule has 236 valence electrons. The van der Waals surface area contributed by atoms with Crippen molar-refractivity contribution < 1.29 is 22.3 Å². The lowest BCUT2D eigenvalue weighted by Gasteiger charge is -2.44. The number of rotatable bonds is 9. The third-order valence-corrected chi connectivity index (χ3v) is 14.0. The van der Waals surface area contributed by atoms with Gasteiger partial charge < -0.3 is 9.16 Å². The Bertz CT molecular complexity index is 1530. The highest BCUT2D eigenvalue weighted by atomic mass is 28.4. The van der Waals surface area contributed by atoms with Gasteiger partial charge in [0.1, 0.15) is 29.7 Å². The van der Waals surface area contributed by atoms with Crippen molar-refractivity contribution in [2.45, 2.75) is 103 Å². The fourth-order valence-corrected chi connectivity index (χ4v) is 7.06. The molecule has 1 aliphatic carbocycles. The summed E-state index contributed by atoms with van der Waals surface area (Å²) in [5, 5.41) is 0.0619. The van der Waals surface area contributed by atoms with Gasteiger partial charge in [0.15, 0.2) is 8.32 Å². The largest absolute Gasteiger partial charge is 0.487 e. The molecule has 8 heteroatoms. The molecule has 5 rings (SSSR count). The summed E-state index contributed by atoms with van der Waals surface area (Å²) in [4.78, 5) is 6.40. The molecule has 0 saturated heterocycles. The van der Waals surface area contributed by atoms with E-state index in [1.165, 1.54) is 26.0 Å². The van der Waals surface area contributed by atoms with Crippen molar-refractivity contribution in [2.75, 3.05) is 6.54 Å². The first kappa shape index (κ1) is 32.5. The van der Waals surface area contributed by atoms with Gasteiger partial charge in [-0.3, -0.25) is 9.88 Å². The van der Waals surface area contributed by atoms with Gasteiger partial charge in [0.2, 0.25) is 0 Å². The summed E-state index contributed by atoms with van der Waals surface area (Å²) >= 11 is 0. The zero-order chi connectivity index (χ0) is 32.0. The topological polar surface area (TPSA) is 34.6 Å². The van der Waals surface area contributed by atoms with Crippen LogP contribution in [0.4, 0.5) is 13.2 Å².